The van der Waals surface area contributed by atoms with Gasteiger partial charge in [0.25, 0.3) is 0 Å². The maximum atomic E-state index is 10.2. The molecule has 12 heavy (non-hydrogen) atoms. The van der Waals surface area contributed by atoms with E-state index in [2.05, 4.69) is 10.4 Å². The molecule has 0 aliphatic carbocycles. The van der Waals surface area contributed by atoms with E-state index in [-0.39, 0.29) is 0 Å². The molecule has 1 heterocycles. The Kier molecular flexibility index (Phi) is 2.82. The van der Waals surface area contributed by atoms with Gasteiger partial charge >= 0.3 is 0 Å². The van der Waals surface area contributed by atoms with Crippen LogP contribution in [0.1, 0.15) is 5.69 Å². The summed E-state index contributed by atoms with van der Waals surface area (Å²) in [7, 11) is 1.78. The highest BCUT2D eigenvalue weighted by atomic mass is 16.1. The van der Waals surface area contributed by atoms with Crippen molar-refractivity contribution in [2.45, 2.75) is 12.5 Å². The molecular formula is C7H12N4O. The molecule has 66 valence electrons. The van der Waals surface area contributed by atoms with Crippen molar-refractivity contribution < 1.29 is 4.79 Å². The summed E-state index contributed by atoms with van der Waals surface area (Å²) in [6.45, 7) is 0. The molecule has 0 saturated carbocycles. The number of aldehydes is 1. The van der Waals surface area contributed by atoms with Gasteiger partial charge in [0.15, 0.2) is 0 Å². The van der Waals surface area contributed by atoms with Gasteiger partial charge in [-0.2, -0.15) is 0 Å². The number of nitrogens with one attached hydrogen (secondary N) is 1. The highest BCUT2D eigenvalue weighted by Gasteiger charge is 2.04. The first-order valence-electron chi connectivity index (χ1n) is 3.67. The van der Waals surface area contributed by atoms with E-state index in [1.54, 1.807) is 24.2 Å². The van der Waals surface area contributed by atoms with Crippen LogP contribution < -0.4 is 11.2 Å². The molecule has 0 spiro atoms. The summed E-state index contributed by atoms with van der Waals surface area (Å²) in [5.41, 5.74) is 9.09. The fourth-order valence-corrected chi connectivity index (χ4v) is 0.881. The lowest BCUT2D eigenvalue weighted by Crippen LogP contribution is -2.24. The van der Waals surface area contributed by atoms with Gasteiger partial charge in [0.2, 0.25) is 0 Å². The van der Waals surface area contributed by atoms with Crippen LogP contribution in [0.4, 0.5) is 0 Å². The first-order valence-corrected chi connectivity index (χ1v) is 3.67. The fourth-order valence-electron chi connectivity index (χ4n) is 0.881. The summed E-state index contributed by atoms with van der Waals surface area (Å²) in [5.74, 6) is 0. The summed E-state index contributed by atoms with van der Waals surface area (Å²) in [6.07, 6.45) is 4.63. The molecule has 0 unspecified atom stereocenters. The van der Waals surface area contributed by atoms with Crippen molar-refractivity contribution in [3.63, 3.8) is 0 Å². The van der Waals surface area contributed by atoms with E-state index in [9.17, 15) is 4.79 Å². The van der Waals surface area contributed by atoms with Gasteiger partial charge in [-0.05, 0) is 0 Å². The highest BCUT2D eigenvalue weighted by Crippen LogP contribution is 1.96. The van der Waals surface area contributed by atoms with Gasteiger partial charge in [-0.3, -0.25) is 4.68 Å². The van der Waals surface area contributed by atoms with E-state index in [1.165, 1.54) is 0 Å². The van der Waals surface area contributed by atoms with E-state index in [0.29, 0.717) is 6.42 Å². The molecule has 1 atom stereocenters. The average molecular weight is 168 g/mol. The third-order valence-corrected chi connectivity index (χ3v) is 1.51. The van der Waals surface area contributed by atoms with Crippen LogP contribution in [0.25, 0.3) is 0 Å². The molecule has 0 radical (unpaired) electrons. The predicted molar refractivity (Wildman–Crippen MR) is 45.3 cm³/mol. The van der Waals surface area contributed by atoms with Crippen molar-refractivity contribution >= 4 is 6.29 Å². The monoisotopic (exact) mass is 168 g/mol. The van der Waals surface area contributed by atoms with Gasteiger partial charge in [-0.1, -0.05) is 0 Å². The van der Waals surface area contributed by atoms with E-state index >= 15 is 0 Å². The second-order valence-corrected chi connectivity index (χ2v) is 2.50. The fraction of sp³-hybridized carbons (Fsp3) is 0.429. The second-order valence-electron chi connectivity index (χ2n) is 2.50. The third-order valence-electron chi connectivity index (χ3n) is 1.51. The molecule has 5 nitrogen and oxygen atoms in total. The SMILES string of the molecule is CNn1cnc(C[C@H](N)C=O)c1. The summed E-state index contributed by atoms with van der Waals surface area (Å²) in [5, 5.41) is 0. The van der Waals surface area contributed by atoms with E-state index in [4.69, 9.17) is 5.73 Å². The number of nitrogens with zero attached hydrogens (tertiary/aromatic N) is 2. The van der Waals surface area contributed by atoms with Crippen LogP contribution >= 0.6 is 0 Å². The Balaban J connectivity index is 2.57. The van der Waals surface area contributed by atoms with Crippen LogP contribution in [0.3, 0.4) is 0 Å². The van der Waals surface area contributed by atoms with Crippen molar-refractivity contribution in [3.05, 3.63) is 18.2 Å². The van der Waals surface area contributed by atoms with E-state index < -0.39 is 6.04 Å². The van der Waals surface area contributed by atoms with Gasteiger partial charge in [-0.25, -0.2) is 4.98 Å². The molecule has 0 aromatic carbocycles. The number of aromatic nitrogens is 2. The Morgan fingerprint density at radius 2 is 2.67 bits per heavy atom. The molecule has 0 aliphatic heterocycles. The van der Waals surface area contributed by atoms with Crippen LogP contribution in [0, 0.1) is 0 Å². The number of rotatable bonds is 4. The number of carbonyl (C=O) groups excluding carboxylic acids is 1. The maximum absolute atomic E-state index is 10.2. The normalized spacial score (nSPS) is 12.5. The Hall–Kier alpha value is -1.36. The van der Waals surface area contributed by atoms with Crippen LogP contribution in [-0.2, 0) is 11.2 Å². The van der Waals surface area contributed by atoms with Gasteiger partial charge in [0.05, 0.1) is 11.7 Å². The zero-order chi connectivity index (χ0) is 8.97. The quantitative estimate of drug-likeness (QED) is 0.573. The molecule has 1 aromatic rings. The van der Waals surface area contributed by atoms with Gasteiger partial charge in [-0.15, -0.1) is 0 Å². The maximum Gasteiger partial charge on any atom is 0.137 e. The molecule has 5 heteroatoms. The number of nitrogens with two attached hydrogens (primary N) is 1. The minimum atomic E-state index is -0.454. The third kappa shape index (κ3) is 2.06. The van der Waals surface area contributed by atoms with Crippen LogP contribution in [0.2, 0.25) is 0 Å². The lowest BCUT2D eigenvalue weighted by atomic mass is 10.2. The van der Waals surface area contributed by atoms with Crippen LogP contribution in [0.5, 0.6) is 0 Å². The van der Waals surface area contributed by atoms with Crippen LogP contribution in [0.15, 0.2) is 12.5 Å². The Morgan fingerprint density at radius 1 is 1.92 bits per heavy atom. The number of carbonyl (C=O) groups is 1. The number of hydrogen-bond acceptors (Lipinski definition) is 4. The zero-order valence-electron chi connectivity index (χ0n) is 6.90. The predicted octanol–water partition coefficient (Wildman–Crippen LogP) is -0.875. The minimum absolute atomic E-state index is 0.454. The van der Waals surface area contributed by atoms with E-state index in [0.717, 1.165) is 12.0 Å². The van der Waals surface area contributed by atoms with Gasteiger partial charge in [0, 0.05) is 19.7 Å². The van der Waals surface area contributed by atoms with Crippen molar-refractivity contribution in [3.8, 4) is 0 Å². The Labute approximate surface area is 70.6 Å². The number of imidazole rings is 1. The summed E-state index contributed by atoms with van der Waals surface area (Å²) in [4.78, 5) is 14.2. The molecule has 0 fully saturated rings. The first kappa shape index (κ1) is 8.73. The molecule has 0 bridgehead atoms. The van der Waals surface area contributed by atoms with Crippen molar-refractivity contribution in [2.24, 2.45) is 5.73 Å². The smallest absolute Gasteiger partial charge is 0.137 e. The zero-order valence-corrected chi connectivity index (χ0v) is 6.90. The Morgan fingerprint density at radius 3 is 3.17 bits per heavy atom. The van der Waals surface area contributed by atoms with Gasteiger partial charge < -0.3 is 16.0 Å². The van der Waals surface area contributed by atoms with E-state index in [1.807, 2.05) is 0 Å². The highest BCUT2D eigenvalue weighted by molar-refractivity contribution is 5.57. The lowest BCUT2D eigenvalue weighted by Gasteiger charge is -1.99. The Bertz CT molecular complexity index is 258. The summed E-state index contributed by atoms with van der Waals surface area (Å²) < 4.78 is 1.70. The largest absolute Gasteiger partial charge is 0.328 e. The molecular weight excluding hydrogens is 156 g/mol. The lowest BCUT2D eigenvalue weighted by molar-refractivity contribution is -0.108. The van der Waals surface area contributed by atoms with Gasteiger partial charge in [0.1, 0.15) is 12.6 Å². The molecule has 1 aromatic heterocycles. The summed E-state index contributed by atoms with van der Waals surface area (Å²) >= 11 is 0. The summed E-state index contributed by atoms with van der Waals surface area (Å²) in [6, 6.07) is -0.454. The minimum Gasteiger partial charge on any atom is -0.328 e. The van der Waals surface area contributed by atoms with Crippen molar-refractivity contribution in [2.75, 3.05) is 12.5 Å². The van der Waals surface area contributed by atoms with Crippen LogP contribution in [-0.4, -0.2) is 29.0 Å². The molecule has 0 saturated heterocycles. The average Bonchev–Trinajstić information content (AvgIpc) is 2.52. The van der Waals surface area contributed by atoms with Crippen molar-refractivity contribution in [1.29, 1.82) is 0 Å². The number of hydrogen-bond donors (Lipinski definition) is 2. The molecule has 0 aliphatic rings. The molecule has 3 N–H and O–H groups in total. The molecule has 0 amide bonds. The first-order chi connectivity index (χ1) is 5.76. The standard InChI is InChI=1S/C7H12N4O/c1-9-11-3-7(10-5-11)2-6(8)4-12/h3-6,9H,2,8H2,1H3/t6-/m0/s1. The second kappa shape index (κ2) is 3.87. The van der Waals surface area contributed by atoms with Crippen molar-refractivity contribution in [1.82, 2.24) is 9.66 Å². The molecule has 1 rings (SSSR count). The topological polar surface area (TPSA) is 72.9 Å².